The van der Waals surface area contributed by atoms with E-state index >= 15 is 0 Å². The SMILES string of the molecule is O=C(O)CCc1cccc(NC(=O)c2cc(N3CCCC3)ccn2)c1. The molecule has 1 saturated heterocycles. The Bertz CT molecular complexity index is 770. The molecule has 0 bridgehead atoms. The highest BCUT2D eigenvalue weighted by Gasteiger charge is 2.15. The van der Waals surface area contributed by atoms with Gasteiger partial charge in [-0.1, -0.05) is 12.1 Å². The van der Waals surface area contributed by atoms with E-state index in [0.717, 1.165) is 24.3 Å². The quantitative estimate of drug-likeness (QED) is 0.845. The number of carboxylic acid groups (broad SMARTS) is 1. The van der Waals surface area contributed by atoms with Crippen LogP contribution in [0.5, 0.6) is 0 Å². The lowest BCUT2D eigenvalue weighted by Gasteiger charge is -2.17. The lowest BCUT2D eigenvalue weighted by molar-refractivity contribution is -0.136. The first-order valence-corrected chi connectivity index (χ1v) is 8.45. The second-order valence-corrected chi connectivity index (χ2v) is 6.14. The summed E-state index contributed by atoms with van der Waals surface area (Å²) in [6.07, 6.45) is 4.50. The molecule has 130 valence electrons. The highest BCUT2D eigenvalue weighted by Crippen LogP contribution is 2.21. The van der Waals surface area contributed by atoms with E-state index in [4.69, 9.17) is 5.11 Å². The highest BCUT2D eigenvalue weighted by molar-refractivity contribution is 6.03. The van der Waals surface area contributed by atoms with Gasteiger partial charge in [-0.05, 0) is 49.1 Å². The van der Waals surface area contributed by atoms with E-state index in [9.17, 15) is 9.59 Å². The second-order valence-electron chi connectivity index (χ2n) is 6.14. The highest BCUT2D eigenvalue weighted by atomic mass is 16.4. The Hall–Kier alpha value is -2.89. The largest absolute Gasteiger partial charge is 0.481 e. The van der Waals surface area contributed by atoms with Crippen LogP contribution in [0.15, 0.2) is 42.6 Å². The third kappa shape index (κ3) is 4.56. The van der Waals surface area contributed by atoms with E-state index in [1.165, 1.54) is 12.8 Å². The Kier molecular flexibility index (Phi) is 5.28. The number of anilines is 2. The summed E-state index contributed by atoms with van der Waals surface area (Å²) >= 11 is 0. The summed E-state index contributed by atoms with van der Waals surface area (Å²) in [7, 11) is 0. The summed E-state index contributed by atoms with van der Waals surface area (Å²) in [5, 5.41) is 11.6. The number of aliphatic carboxylic acids is 1. The second kappa shape index (κ2) is 7.79. The summed E-state index contributed by atoms with van der Waals surface area (Å²) in [6.45, 7) is 2.02. The van der Waals surface area contributed by atoms with Gasteiger partial charge >= 0.3 is 5.97 Å². The van der Waals surface area contributed by atoms with Gasteiger partial charge in [-0.25, -0.2) is 0 Å². The van der Waals surface area contributed by atoms with E-state index in [1.54, 1.807) is 24.4 Å². The van der Waals surface area contributed by atoms with Gasteiger partial charge in [-0.3, -0.25) is 14.6 Å². The molecule has 2 N–H and O–H groups in total. The number of aryl methyl sites for hydroxylation is 1. The van der Waals surface area contributed by atoms with Crippen molar-refractivity contribution in [3.05, 3.63) is 53.9 Å². The van der Waals surface area contributed by atoms with Gasteiger partial charge in [-0.2, -0.15) is 0 Å². The molecule has 3 rings (SSSR count). The topological polar surface area (TPSA) is 82.5 Å². The fourth-order valence-electron chi connectivity index (χ4n) is 2.97. The van der Waals surface area contributed by atoms with Crippen molar-refractivity contribution in [1.29, 1.82) is 0 Å². The maximum atomic E-state index is 12.5. The van der Waals surface area contributed by atoms with Crippen LogP contribution in [0.4, 0.5) is 11.4 Å². The molecule has 0 atom stereocenters. The van der Waals surface area contributed by atoms with Gasteiger partial charge in [0.05, 0.1) is 0 Å². The zero-order valence-corrected chi connectivity index (χ0v) is 13.9. The van der Waals surface area contributed by atoms with Crippen molar-refractivity contribution in [2.24, 2.45) is 0 Å². The zero-order valence-electron chi connectivity index (χ0n) is 13.9. The number of hydrogen-bond acceptors (Lipinski definition) is 4. The fourth-order valence-corrected chi connectivity index (χ4v) is 2.97. The van der Waals surface area contributed by atoms with E-state index in [1.807, 2.05) is 18.2 Å². The van der Waals surface area contributed by atoms with Crippen LogP contribution < -0.4 is 10.2 Å². The molecule has 0 spiro atoms. The van der Waals surface area contributed by atoms with Crippen LogP contribution in [-0.2, 0) is 11.2 Å². The lowest BCUT2D eigenvalue weighted by Crippen LogP contribution is -2.19. The van der Waals surface area contributed by atoms with Gasteiger partial charge in [0.1, 0.15) is 5.69 Å². The normalized spacial score (nSPS) is 13.7. The average molecular weight is 339 g/mol. The van der Waals surface area contributed by atoms with Crippen LogP contribution in [0.3, 0.4) is 0 Å². The monoisotopic (exact) mass is 339 g/mol. The maximum absolute atomic E-state index is 12.5. The molecule has 1 aliphatic heterocycles. The minimum absolute atomic E-state index is 0.0663. The summed E-state index contributed by atoms with van der Waals surface area (Å²) < 4.78 is 0. The molecule has 2 heterocycles. The Morgan fingerprint density at radius 1 is 1.16 bits per heavy atom. The van der Waals surface area contributed by atoms with Gasteiger partial charge in [-0.15, -0.1) is 0 Å². The van der Waals surface area contributed by atoms with Crippen molar-refractivity contribution >= 4 is 23.3 Å². The van der Waals surface area contributed by atoms with Crippen molar-refractivity contribution in [1.82, 2.24) is 4.98 Å². The number of hydrogen-bond donors (Lipinski definition) is 2. The molecule has 1 aromatic carbocycles. The van der Waals surface area contributed by atoms with Gasteiger partial charge in [0.15, 0.2) is 0 Å². The van der Waals surface area contributed by atoms with Crippen LogP contribution in [0.2, 0.25) is 0 Å². The number of rotatable bonds is 6. The average Bonchev–Trinajstić information content (AvgIpc) is 3.15. The molecule has 1 aliphatic rings. The van der Waals surface area contributed by atoms with Crippen LogP contribution in [0.25, 0.3) is 0 Å². The minimum Gasteiger partial charge on any atom is -0.481 e. The third-order valence-electron chi connectivity index (χ3n) is 4.26. The van der Waals surface area contributed by atoms with Gasteiger partial charge < -0.3 is 15.3 Å². The van der Waals surface area contributed by atoms with Gasteiger partial charge in [0, 0.05) is 37.1 Å². The number of nitrogens with zero attached hydrogens (tertiary/aromatic N) is 2. The van der Waals surface area contributed by atoms with Gasteiger partial charge in [0.25, 0.3) is 5.91 Å². The molecule has 0 aliphatic carbocycles. The number of carbonyl (C=O) groups is 2. The maximum Gasteiger partial charge on any atom is 0.303 e. The third-order valence-corrected chi connectivity index (χ3v) is 4.26. The zero-order chi connectivity index (χ0) is 17.6. The van der Waals surface area contributed by atoms with E-state index in [-0.39, 0.29) is 12.3 Å². The molecule has 0 unspecified atom stereocenters. The number of pyridine rings is 1. The van der Waals surface area contributed by atoms with Crippen molar-refractivity contribution in [3.8, 4) is 0 Å². The minimum atomic E-state index is -0.836. The number of carbonyl (C=O) groups excluding carboxylic acids is 1. The van der Waals surface area contributed by atoms with Crippen molar-refractivity contribution in [3.63, 3.8) is 0 Å². The predicted molar refractivity (Wildman–Crippen MR) is 96.0 cm³/mol. The molecule has 1 fully saturated rings. The Morgan fingerprint density at radius 3 is 2.72 bits per heavy atom. The molecule has 1 amide bonds. The smallest absolute Gasteiger partial charge is 0.303 e. The van der Waals surface area contributed by atoms with Crippen molar-refractivity contribution in [2.75, 3.05) is 23.3 Å². The first-order valence-electron chi connectivity index (χ1n) is 8.45. The molecular formula is C19H21N3O3. The molecular weight excluding hydrogens is 318 g/mol. The number of carboxylic acids is 1. The standard InChI is InChI=1S/C19H21N3O3/c23-18(24)7-6-14-4-3-5-15(12-14)21-19(25)17-13-16(8-9-20-17)22-10-1-2-11-22/h3-5,8-9,12-13H,1-2,6-7,10-11H2,(H,21,25)(H,23,24). The van der Waals surface area contributed by atoms with Crippen LogP contribution in [0.1, 0.15) is 35.3 Å². The number of benzene rings is 1. The van der Waals surface area contributed by atoms with Crippen molar-refractivity contribution in [2.45, 2.75) is 25.7 Å². The molecule has 2 aromatic rings. The number of aromatic nitrogens is 1. The van der Waals surface area contributed by atoms with Crippen LogP contribution in [-0.4, -0.2) is 35.1 Å². The first kappa shape index (κ1) is 17.0. The van der Waals surface area contributed by atoms with E-state index in [2.05, 4.69) is 15.2 Å². The molecule has 0 saturated carbocycles. The molecule has 0 radical (unpaired) electrons. The summed E-state index contributed by atoms with van der Waals surface area (Å²) in [5.41, 5.74) is 2.91. The molecule has 25 heavy (non-hydrogen) atoms. The van der Waals surface area contributed by atoms with Gasteiger partial charge in [0.2, 0.25) is 0 Å². The lowest BCUT2D eigenvalue weighted by atomic mass is 10.1. The Labute approximate surface area is 146 Å². The number of amides is 1. The first-order chi connectivity index (χ1) is 12.1. The van der Waals surface area contributed by atoms with Crippen LogP contribution in [0, 0.1) is 0 Å². The van der Waals surface area contributed by atoms with Crippen molar-refractivity contribution < 1.29 is 14.7 Å². The summed E-state index contributed by atoms with van der Waals surface area (Å²) in [6, 6.07) is 11.0. The van der Waals surface area contributed by atoms with E-state index < -0.39 is 5.97 Å². The molecule has 6 heteroatoms. The Balaban J connectivity index is 1.68. The van der Waals surface area contributed by atoms with Crippen LogP contribution >= 0.6 is 0 Å². The summed E-state index contributed by atoms with van der Waals surface area (Å²) in [5.74, 6) is -1.10. The fraction of sp³-hybridized carbons (Fsp3) is 0.316. The summed E-state index contributed by atoms with van der Waals surface area (Å²) in [4.78, 5) is 29.6. The number of nitrogens with one attached hydrogen (secondary N) is 1. The molecule has 6 nitrogen and oxygen atoms in total. The van der Waals surface area contributed by atoms with E-state index in [0.29, 0.717) is 17.8 Å². The predicted octanol–water partition coefficient (Wildman–Crippen LogP) is 2.95. The molecule has 1 aromatic heterocycles. The Morgan fingerprint density at radius 2 is 1.96 bits per heavy atom.